The Kier molecular flexibility index (Phi) is 3.09. The molecule has 1 heterocycles. The minimum absolute atomic E-state index is 0.0398. The first-order valence-corrected chi connectivity index (χ1v) is 7.54. The molecule has 0 radical (unpaired) electrons. The predicted octanol–water partition coefficient (Wildman–Crippen LogP) is 4.86. The summed E-state index contributed by atoms with van der Waals surface area (Å²) in [7, 11) is 0. The molecule has 0 spiro atoms. The van der Waals surface area contributed by atoms with Crippen LogP contribution in [0.5, 0.6) is 0 Å². The van der Waals surface area contributed by atoms with Crippen LogP contribution >= 0.6 is 0 Å². The lowest BCUT2D eigenvalue weighted by Gasteiger charge is -2.42. The van der Waals surface area contributed by atoms with Gasteiger partial charge in [0.15, 0.2) is 5.76 Å². The Hall–Kier alpha value is -1.83. The first-order valence-electron chi connectivity index (χ1n) is 7.54. The highest BCUT2D eigenvalue weighted by molar-refractivity contribution is 6.07. The predicted molar refractivity (Wildman–Crippen MR) is 83.9 cm³/mol. The molecule has 0 aliphatic heterocycles. The Morgan fingerprint density at radius 3 is 2.29 bits per heavy atom. The number of hydrogen-bond donors (Lipinski definition) is 0. The van der Waals surface area contributed by atoms with Crippen LogP contribution in [0.25, 0.3) is 0 Å². The maximum absolute atomic E-state index is 12.5. The van der Waals surface area contributed by atoms with E-state index in [0.29, 0.717) is 5.76 Å². The molecular weight excluding hydrogens is 260 g/mol. The van der Waals surface area contributed by atoms with E-state index < -0.39 is 0 Å². The molecule has 0 bridgehead atoms. The van der Waals surface area contributed by atoms with Crippen molar-refractivity contribution < 1.29 is 9.21 Å². The molecule has 0 amide bonds. The smallest absolute Gasteiger partial charge is 0.228 e. The first-order chi connectivity index (χ1) is 9.81. The van der Waals surface area contributed by atoms with Gasteiger partial charge in [-0.25, -0.2) is 0 Å². The topological polar surface area (TPSA) is 30.2 Å². The number of carbonyl (C=O) groups excluding carboxylic acids is 1. The Bertz CT molecular complexity index is 676. The summed E-state index contributed by atoms with van der Waals surface area (Å²) in [4.78, 5) is 12.5. The molecule has 0 unspecified atom stereocenters. The van der Waals surface area contributed by atoms with E-state index in [1.165, 1.54) is 17.5 Å². The van der Waals surface area contributed by atoms with Crippen LogP contribution in [0.3, 0.4) is 0 Å². The molecule has 0 atom stereocenters. The van der Waals surface area contributed by atoms with Crippen LogP contribution in [-0.2, 0) is 10.8 Å². The third-order valence-corrected chi connectivity index (χ3v) is 4.86. The molecule has 2 heteroatoms. The van der Waals surface area contributed by atoms with Crippen LogP contribution in [0.1, 0.15) is 67.8 Å². The van der Waals surface area contributed by atoms with Crippen molar-refractivity contribution in [1.29, 1.82) is 0 Å². The normalized spacial score (nSPS) is 19.0. The summed E-state index contributed by atoms with van der Waals surface area (Å²) >= 11 is 0. The third-order valence-electron chi connectivity index (χ3n) is 4.86. The van der Waals surface area contributed by atoms with Gasteiger partial charge in [-0.2, -0.15) is 0 Å². The zero-order valence-corrected chi connectivity index (χ0v) is 13.2. The van der Waals surface area contributed by atoms with Crippen LogP contribution in [0.4, 0.5) is 0 Å². The van der Waals surface area contributed by atoms with Crippen molar-refractivity contribution in [3.8, 4) is 0 Å². The third kappa shape index (κ3) is 2.33. The standard InChI is InChI=1S/C19H22O2/c1-18(2)9-10-19(3,4)15-12-13(7-8-14(15)18)17(20)16-6-5-11-21-16/h5-8,11-12H,9-10H2,1-4H3. The molecule has 1 aromatic heterocycles. The van der Waals surface area contributed by atoms with Crippen molar-refractivity contribution >= 4 is 5.78 Å². The van der Waals surface area contributed by atoms with Crippen molar-refractivity contribution in [1.82, 2.24) is 0 Å². The van der Waals surface area contributed by atoms with E-state index in [4.69, 9.17) is 4.42 Å². The number of hydrogen-bond acceptors (Lipinski definition) is 2. The quantitative estimate of drug-likeness (QED) is 0.736. The second-order valence-electron chi connectivity index (χ2n) is 7.33. The van der Waals surface area contributed by atoms with Crippen LogP contribution in [0, 0.1) is 0 Å². The van der Waals surface area contributed by atoms with Gasteiger partial charge in [-0.3, -0.25) is 4.79 Å². The van der Waals surface area contributed by atoms with Gasteiger partial charge >= 0.3 is 0 Å². The maximum atomic E-state index is 12.5. The van der Waals surface area contributed by atoms with Gasteiger partial charge in [0.25, 0.3) is 0 Å². The van der Waals surface area contributed by atoms with Gasteiger partial charge in [0.05, 0.1) is 6.26 Å². The van der Waals surface area contributed by atoms with E-state index in [9.17, 15) is 4.79 Å². The molecule has 1 aromatic carbocycles. The van der Waals surface area contributed by atoms with E-state index in [1.807, 2.05) is 6.07 Å². The van der Waals surface area contributed by atoms with Gasteiger partial charge in [0, 0.05) is 5.56 Å². The molecule has 0 N–H and O–H groups in total. The van der Waals surface area contributed by atoms with Crippen molar-refractivity contribution in [3.05, 3.63) is 59.0 Å². The Morgan fingerprint density at radius 2 is 1.67 bits per heavy atom. The zero-order chi connectivity index (χ0) is 15.3. The molecule has 21 heavy (non-hydrogen) atoms. The van der Waals surface area contributed by atoms with Crippen molar-refractivity contribution in [2.24, 2.45) is 0 Å². The second-order valence-corrected chi connectivity index (χ2v) is 7.33. The summed E-state index contributed by atoms with van der Waals surface area (Å²) in [6.07, 6.45) is 3.86. The summed E-state index contributed by atoms with van der Waals surface area (Å²) in [5.41, 5.74) is 3.68. The second kappa shape index (κ2) is 4.59. The number of benzene rings is 1. The summed E-state index contributed by atoms with van der Waals surface area (Å²) in [5, 5.41) is 0. The van der Waals surface area contributed by atoms with Gasteiger partial charge in [-0.1, -0.05) is 39.8 Å². The monoisotopic (exact) mass is 282 g/mol. The molecule has 2 nitrogen and oxygen atoms in total. The van der Waals surface area contributed by atoms with Gasteiger partial charge in [0.2, 0.25) is 5.78 Å². The fraction of sp³-hybridized carbons (Fsp3) is 0.421. The molecule has 0 saturated carbocycles. The number of rotatable bonds is 2. The van der Waals surface area contributed by atoms with E-state index in [-0.39, 0.29) is 16.6 Å². The number of fused-ring (bicyclic) bond motifs is 1. The highest BCUT2D eigenvalue weighted by Crippen LogP contribution is 2.45. The maximum Gasteiger partial charge on any atom is 0.228 e. The number of ketones is 1. The molecule has 0 fully saturated rings. The number of carbonyl (C=O) groups is 1. The molecule has 110 valence electrons. The van der Waals surface area contributed by atoms with Gasteiger partial charge in [0.1, 0.15) is 0 Å². The average molecular weight is 282 g/mol. The minimum Gasteiger partial charge on any atom is -0.461 e. The molecule has 2 aromatic rings. The Balaban J connectivity index is 2.10. The fourth-order valence-corrected chi connectivity index (χ4v) is 3.28. The van der Waals surface area contributed by atoms with Crippen molar-refractivity contribution in [2.75, 3.05) is 0 Å². The van der Waals surface area contributed by atoms with E-state index >= 15 is 0 Å². The molecule has 1 aliphatic carbocycles. The lowest BCUT2D eigenvalue weighted by atomic mass is 9.63. The Morgan fingerprint density at radius 1 is 1.00 bits per heavy atom. The highest BCUT2D eigenvalue weighted by Gasteiger charge is 2.37. The van der Waals surface area contributed by atoms with Crippen LogP contribution in [-0.4, -0.2) is 5.78 Å². The zero-order valence-electron chi connectivity index (χ0n) is 13.2. The molecular formula is C19H22O2. The van der Waals surface area contributed by atoms with Crippen LogP contribution < -0.4 is 0 Å². The van der Waals surface area contributed by atoms with Crippen molar-refractivity contribution in [2.45, 2.75) is 51.4 Å². The van der Waals surface area contributed by atoms with Crippen LogP contribution in [0.15, 0.2) is 41.0 Å². The van der Waals surface area contributed by atoms with Gasteiger partial charge < -0.3 is 4.42 Å². The SMILES string of the molecule is CC1(C)CCC(C)(C)c2cc(C(=O)c3ccco3)ccc21. The molecule has 1 aliphatic rings. The Labute approximate surface area is 126 Å². The summed E-state index contributed by atoms with van der Waals surface area (Å²) in [6.45, 7) is 9.11. The highest BCUT2D eigenvalue weighted by atomic mass is 16.3. The van der Waals surface area contributed by atoms with Crippen LogP contribution in [0.2, 0.25) is 0 Å². The number of furan rings is 1. The van der Waals surface area contributed by atoms with E-state index in [2.05, 4.69) is 39.8 Å². The van der Waals surface area contributed by atoms with Gasteiger partial charge in [-0.05, 0) is 53.0 Å². The van der Waals surface area contributed by atoms with E-state index in [1.54, 1.807) is 18.4 Å². The summed E-state index contributed by atoms with van der Waals surface area (Å²) in [6, 6.07) is 9.61. The van der Waals surface area contributed by atoms with Crippen molar-refractivity contribution in [3.63, 3.8) is 0 Å². The average Bonchev–Trinajstić information content (AvgIpc) is 2.97. The largest absolute Gasteiger partial charge is 0.461 e. The summed E-state index contributed by atoms with van der Waals surface area (Å²) in [5.74, 6) is 0.366. The minimum atomic E-state index is -0.0398. The summed E-state index contributed by atoms with van der Waals surface area (Å²) < 4.78 is 5.24. The molecule has 0 saturated heterocycles. The van der Waals surface area contributed by atoms with E-state index in [0.717, 1.165) is 12.0 Å². The molecule has 3 rings (SSSR count). The lowest BCUT2D eigenvalue weighted by molar-refractivity contribution is 0.101. The van der Waals surface area contributed by atoms with Gasteiger partial charge in [-0.15, -0.1) is 0 Å². The lowest BCUT2D eigenvalue weighted by Crippen LogP contribution is -2.34. The fourth-order valence-electron chi connectivity index (χ4n) is 3.28. The first kappa shape index (κ1) is 14.1.